The summed E-state index contributed by atoms with van der Waals surface area (Å²) >= 11 is 0. The highest BCUT2D eigenvalue weighted by Gasteiger charge is 2.22. The molecule has 1 rings (SSSR count). The van der Waals surface area contributed by atoms with Gasteiger partial charge in [-0.3, -0.25) is 4.79 Å². The molecule has 1 heterocycles. The Balaban J connectivity index is 2.23. The van der Waals surface area contributed by atoms with E-state index in [9.17, 15) is 4.79 Å². The van der Waals surface area contributed by atoms with Gasteiger partial charge in [0.05, 0.1) is 0 Å². The van der Waals surface area contributed by atoms with E-state index in [0.29, 0.717) is 12.5 Å². The number of carbonyl (C=O) groups excluding carboxylic acids is 1. The highest BCUT2D eigenvalue weighted by atomic mass is 16.1. The smallest absolute Gasteiger partial charge is 0.218 e. The summed E-state index contributed by atoms with van der Waals surface area (Å²) in [5.41, 5.74) is 5.09. The second-order valence-electron chi connectivity index (χ2n) is 3.90. The molecule has 76 valence electrons. The predicted molar refractivity (Wildman–Crippen MR) is 52.3 cm³/mol. The topological polar surface area (TPSA) is 49.6 Å². The van der Waals surface area contributed by atoms with Crippen molar-refractivity contribution in [2.24, 2.45) is 5.73 Å². The van der Waals surface area contributed by atoms with Crippen LogP contribution in [0, 0.1) is 0 Å². The molecular formula is C9H19N3O. The molecule has 4 nitrogen and oxygen atoms in total. The average molecular weight is 185 g/mol. The van der Waals surface area contributed by atoms with E-state index < -0.39 is 0 Å². The van der Waals surface area contributed by atoms with E-state index in [2.05, 4.69) is 23.9 Å². The Kier molecular flexibility index (Phi) is 3.69. The molecule has 0 aromatic carbocycles. The van der Waals surface area contributed by atoms with Crippen molar-refractivity contribution in [3.05, 3.63) is 0 Å². The largest absolute Gasteiger partial charge is 0.370 e. The van der Waals surface area contributed by atoms with Gasteiger partial charge in [0.25, 0.3) is 0 Å². The summed E-state index contributed by atoms with van der Waals surface area (Å²) in [7, 11) is 4.19. The van der Waals surface area contributed by atoms with Crippen LogP contribution >= 0.6 is 0 Å². The molecule has 1 saturated heterocycles. The van der Waals surface area contributed by atoms with Crippen molar-refractivity contribution in [1.82, 2.24) is 9.80 Å². The Morgan fingerprint density at radius 2 is 2.38 bits per heavy atom. The molecule has 1 unspecified atom stereocenters. The number of carbonyl (C=O) groups is 1. The van der Waals surface area contributed by atoms with E-state index in [4.69, 9.17) is 5.73 Å². The summed E-state index contributed by atoms with van der Waals surface area (Å²) in [5.74, 6) is -0.210. The molecule has 0 saturated carbocycles. The molecular weight excluding hydrogens is 166 g/mol. The maximum absolute atomic E-state index is 10.6. The average Bonchev–Trinajstić information content (AvgIpc) is 2.47. The van der Waals surface area contributed by atoms with Crippen LogP contribution in [0.5, 0.6) is 0 Å². The quantitative estimate of drug-likeness (QED) is 0.642. The standard InChI is InChI=1S/C9H19N3O/c1-11-5-3-8(7-11)12(2)6-4-9(10)13/h8H,3-7H2,1-2H3,(H2,10,13). The van der Waals surface area contributed by atoms with Crippen molar-refractivity contribution < 1.29 is 4.79 Å². The zero-order chi connectivity index (χ0) is 9.84. The number of hydrogen-bond acceptors (Lipinski definition) is 3. The first-order chi connectivity index (χ1) is 6.09. The van der Waals surface area contributed by atoms with Gasteiger partial charge in [-0.25, -0.2) is 0 Å². The van der Waals surface area contributed by atoms with Crippen LogP contribution in [0.15, 0.2) is 0 Å². The van der Waals surface area contributed by atoms with Gasteiger partial charge in [-0.05, 0) is 27.1 Å². The minimum absolute atomic E-state index is 0.210. The second kappa shape index (κ2) is 4.58. The van der Waals surface area contributed by atoms with Gasteiger partial charge in [0.15, 0.2) is 0 Å². The SMILES string of the molecule is CN1CCC(N(C)CCC(N)=O)C1. The van der Waals surface area contributed by atoms with Crippen molar-refractivity contribution in [2.75, 3.05) is 33.7 Å². The Hall–Kier alpha value is -0.610. The highest BCUT2D eigenvalue weighted by molar-refractivity contribution is 5.73. The highest BCUT2D eigenvalue weighted by Crippen LogP contribution is 2.12. The molecule has 1 fully saturated rings. The van der Waals surface area contributed by atoms with Crippen molar-refractivity contribution in [3.63, 3.8) is 0 Å². The predicted octanol–water partition coefficient (Wildman–Crippen LogP) is -0.502. The molecule has 0 aromatic heterocycles. The van der Waals surface area contributed by atoms with Crippen LogP contribution in [-0.2, 0) is 4.79 Å². The summed E-state index contributed by atoms with van der Waals surface area (Å²) in [5, 5.41) is 0. The summed E-state index contributed by atoms with van der Waals surface area (Å²) in [6, 6.07) is 0.601. The number of amides is 1. The van der Waals surface area contributed by atoms with Crippen LogP contribution < -0.4 is 5.73 Å². The molecule has 1 aliphatic rings. The number of primary amides is 1. The van der Waals surface area contributed by atoms with Crippen LogP contribution in [0.1, 0.15) is 12.8 Å². The first kappa shape index (κ1) is 10.5. The van der Waals surface area contributed by atoms with E-state index >= 15 is 0 Å². The van der Waals surface area contributed by atoms with Crippen LogP contribution in [0.2, 0.25) is 0 Å². The maximum Gasteiger partial charge on any atom is 0.218 e. The van der Waals surface area contributed by atoms with Crippen LogP contribution in [0.25, 0.3) is 0 Å². The fourth-order valence-corrected chi connectivity index (χ4v) is 1.74. The van der Waals surface area contributed by atoms with Gasteiger partial charge in [-0.1, -0.05) is 0 Å². The number of nitrogens with two attached hydrogens (primary N) is 1. The summed E-state index contributed by atoms with van der Waals surface area (Å²) < 4.78 is 0. The van der Waals surface area contributed by atoms with Gasteiger partial charge >= 0.3 is 0 Å². The number of nitrogens with zero attached hydrogens (tertiary/aromatic N) is 2. The summed E-state index contributed by atoms with van der Waals surface area (Å²) in [4.78, 5) is 15.1. The number of hydrogen-bond donors (Lipinski definition) is 1. The third-order valence-corrected chi connectivity index (χ3v) is 2.70. The fraction of sp³-hybridized carbons (Fsp3) is 0.889. The Labute approximate surface area is 79.7 Å². The van der Waals surface area contributed by atoms with E-state index in [1.165, 1.54) is 6.42 Å². The van der Waals surface area contributed by atoms with E-state index in [1.807, 2.05) is 0 Å². The van der Waals surface area contributed by atoms with Crippen LogP contribution in [-0.4, -0.2) is 55.5 Å². The lowest BCUT2D eigenvalue weighted by Gasteiger charge is -2.23. The fourth-order valence-electron chi connectivity index (χ4n) is 1.74. The zero-order valence-corrected chi connectivity index (χ0v) is 8.49. The molecule has 1 atom stereocenters. The van der Waals surface area contributed by atoms with Crippen molar-refractivity contribution in [3.8, 4) is 0 Å². The maximum atomic E-state index is 10.6. The van der Waals surface area contributed by atoms with Gasteiger partial charge in [0.1, 0.15) is 0 Å². The molecule has 2 N–H and O–H groups in total. The number of likely N-dealkylation sites (tertiary alicyclic amines) is 1. The minimum atomic E-state index is -0.210. The first-order valence-corrected chi connectivity index (χ1v) is 4.76. The Bertz CT molecular complexity index is 184. The van der Waals surface area contributed by atoms with Crippen molar-refractivity contribution in [2.45, 2.75) is 18.9 Å². The van der Waals surface area contributed by atoms with E-state index in [1.54, 1.807) is 0 Å². The molecule has 0 aromatic rings. The molecule has 0 spiro atoms. The molecule has 13 heavy (non-hydrogen) atoms. The molecule has 0 radical (unpaired) electrons. The molecule has 0 aliphatic carbocycles. The lowest BCUT2D eigenvalue weighted by Crippen LogP contribution is -2.35. The zero-order valence-electron chi connectivity index (χ0n) is 8.49. The monoisotopic (exact) mass is 185 g/mol. The van der Waals surface area contributed by atoms with E-state index in [-0.39, 0.29) is 5.91 Å². The van der Waals surface area contributed by atoms with Crippen LogP contribution in [0.4, 0.5) is 0 Å². The van der Waals surface area contributed by atoms with Crippen LogP contribution in [0.3, 0.4) is 0 Å². The third-order valence-electron chi connectivity index (χ3n) is 2.70. The number of likely N-dealkylation sites (N-methyl/N-ethyl adjacent to an activating group) is 2. The van der Waals surface area contributed by atoms with Gasteiger partial charge in [-0.15, -0.1) is 0 Å². The van der Waals surface area contributed by atoms with Gasteiger partial charge in [0.2, 0.25) is 5.91 Å². The van der Waals surface area contributed by atoms with Crippen molar-refractivity contribution >= 4 is 5.91 Å². The molecule has 4 heteroatoms. The normalized spacial score (nSPS) is 24.1. The van der Waals surface area contributed by atoms with E-state index in [0.717, 1.165) is 19.6 Å². The second-order valence-corrected chi connectivity index (χ2v) is 3.90. The molecule has 1 aliphatic heterocycles. The van der Waals surface area contributed by atoms with Gasteiger partial charge in [-0.2, -0.15) is 0 Å². The lowest BCUT2D eigenvalue weighted by atomic mass is 10.2. The summed E-state index contributed by atoms with van der Waals surface area (Å²) in [6.07, 6.45) is 1.67. The first-order valence-electron chi connectivity index (χ1n) is 4.76. The number of rotatable bonds is 4. The van der Waals surface area contributed by atoms with Gasteiger partial charge < -0.3 is 15.5 Å². The molecule has 1 amide bonds. The summed E-state index contributed by atoms with van der Waals surface area (Å²) in [6.45, 7) is 3.05. The minimum Gasteiger partial charge on any atom is -0.370 e. The van der Waals surface area contributed by atoms with Crippen molar-refractivity contribution in [1.29, 1.82) is 0 Å². The Morgan fingerprint density at radius 3 is 2.85 bits per heavy atom. The van der Waals surface area contributed by atoms with Gasteiger partial charge in [0, 0.05) is 25.6 Å². The molecule has 0 bridgehead atoms. The third kappa shape index (κ3) is 3.32. The lowest BCUT2D eigenvalue weighted by molar-refractivity contribution is -0.118. The Morgan fingerprint density at radius 1 is 1.69 bits per heavy atom.